The second kappa shape index (κ2) is 3.44. The van der Waals surface area contributed by atoms with Crippen LogP contribution in [0.15, 0.2) is 25.9 Å². The highest BCUT2D eigenvalue weighted by atomic mass is 16.6. The Morgan fingerprint density at radius 3 is 2.76 bits per heavy atom. The van der Waals surface area contributed by atoms with Crippen molar-refractivity contribution in [2.45, 2.75) is 6.92 Å². The molecule has 86 valence electrons. The van der Waals surface area contributed by atoms with Gasteiger partial charge in [0.15, 0.2) is 0 Å². The molecule has 0 aliphatic carbocycles. The zero-order valence-corrected chi connectivity index (χ0v) is 8.75. The Hall–Kier alpha value is -2.64. The molecule has 17 heavy (non-hydrogen) atoms. The number of aromatic nitrogens is 4. The van der Waals surface area contributed by atoms with Crippen molar-refractivity contribution in [3.05, 3.63) is 18.1 Å². The van der Waals surface area contributed by atoms with Crippen LogP contribution in [0.3, 0.4) is 0 Å². The molecule has 0 saturated carbocycles. The second-order valence-electron chi connectivity index (χ2n) is 3.31. The predicted octanol–water partition coefficient (Wildman–Crippen LogP) is 1.27. The maximum absolute atomic E-state index is 5.52. The van der Waals surface area contributed by atoms with Crippen LogP contribution in [-0.4, -0.2) is 20.5 Å². The summed E-state index contributed by atoms with van der Waals surface area (Å²) in [5, 5.41) is 10.8. The van der Waals surface area contributed by atoms with Crippen molar-refractivity contribution in [3.8, 4) is 23.0 Å². The number of aryl methyl sites for hydroxylation is 1. The van der Waals surface area contributed by atoms with Crippen molar-refractivity contribution in [2.75, 3.05) is 5.73 Å². The lowest BCUT2D eigenvalue weighted by Crippen LogP contribution is -1.88. The van der Waals surface area contributed by atoms with Crippen LogP contribution in [0.4, 0.5) is 5.82 Å². The molecule has 0 aliphatic rings. The van der Waals surface area contributed by atoms with Crippen molar-refractivity contribution in [1.82, 2.24) is 20.5 Å². The zero-order chi connectivity index (χ0) is 11.8. The average molecular weight is 233 g/mol. The fourth-order valence-corrected chi connectivity index (χ4v) is 1.39. The third-order valence-electron chi connectivity index (χ3n) is 2.24. The van der Waals surface area contributed by atoms with Gasteiger partial charge in [-0.3, -0.25) is 0 Å². The third kappa shape index (κ3) is 1.46. The Kier molecular flexibility index (Phi) is 1.94. The molecule has 0 saturated heterocycles. The minimum Gasteiger partial charge on any atom is -0.469 e. The summed E-state index contributed by atoms with van der Waals surface area (Å²) in [4.78, 5) is 4.14. The van der Waals surface area contributed by atoms with Crippen LogP contribution in [0.2, 0.25) is 0 Å². The molecular formula is C9H7N5O3. The molecule has 0 amide bonds. The van der Waals surface area contributed by atoms with Crippen molar-refractivity contribution in [3.63, 3.8) is 0 Å². The molecule has 3 rings (SSSR count). The number of nitrogen functional groups attached to an aromatic ring is 1. The van der Waals surface area contributed by atoms with Gasteiger partial charge in [-0.05, 0) is 23.3 Å². The maximum atomic E-state index is 5.52. The van der Waals surface area contributed by atoms with E-state index in [4.69, 9.17) is 14.7 Å². The second-order valence-corrected chi connectivity index (χ2v) is 3.31. The highest BCUT2D eigenvalue weighted by Gasteiger charge is 2.19. The lowest BCUT2D eigenvalue weighted by atomic mass is 10.2. The fraction of sp³-hybridized carbons (Fsp3) is 0.111. The van der Waals surface area contributed by atoms with Crippen LogP contribution in [0.5, 0.6) is 0 Å². The molecule has 3 heterocycles. The molecule has 0 bridgehead atoms. The number of furan rings is 1. The molecule has 0 unspecified atom stereocenters. The fourth-order valence-electron chi connectivity index (χ4n) is 1.39. The standard InChI is InChI=1S/C9H7N5O3/c1-4-5(2-3-15-4)8-11-9(16-14-8)6-7(10)13-17-12-6/h2-3H,1H3,(H2,10,13). The first kappa shape index (κ1) is 9.58. The van der Waals surface area contributed by atoms with E-state index in [9.17, 15) is 0 Å². The molecule has 0 spiro atoms. The van der Waals surface area contributed by atoms with Gasteiger partial charge in [0.05, 0.1) is 11.8 Å². The topological polar surface area (TPSA) is 117 Å². The van der Waals surface area contributed by atoms with E-state index in [-0.39, 0.29) is 17.4 Å². The highest BCUT2D eigenvalue weighted by molar-refractivity contribution is 5.64. The Morgan fingerprint density at radius 2 is 2.12 bits per heavy atom. The normalized spacial score (nSPS) is 10.9. The van der Waals surface area contributed by atoms with Crippen LogP contribution in [0, 0.1) is 6.92 Å². The molecule has 3 aromatic rings. The van der Waals surface area contributed by atoms with Gasteiger partial charge in [-0.1, -0.05) is 5.16 Å². The van der Waals surface area contributed by atoms with Gasteiger partial charge in [0.2, 0.25) is 17.3 Å². The average Bonchev–Trinajstić information content (AvgIpc) is 2.97. The molecule has 2 N–H and O–H groups in total. The van der Waals surface area contributed by atoms with Crippen LogP contribution < -0.4 is 5.73 Å². The van der Waals surface area contributed by atoms with E-state index >= 15 is 0 Å². The van der Waals surface area contributed by atoms with E-state index in [1.165, 1.54) is 0 Å². The highest BCUT2D eigenvalue weighted by Crippen LogP contribution is 2.25. The summed E-state index contributed by atoms with van der Waals surface area (Å²) in [6.45, 7) is 1.80. The number of nitrogens with zero attached hydrogens (tertiary/aromatic N) is 4. The van der Waals surface area contributed by atoms with Gasteiger partial charge >= 0.3 is 0 Å². The molecule has 8 heteroatoms. The molecule has 0 aliphatic heterocycles. The van der Waals surface area contributed by atoms with E-state index in [0.29, 0.717) is 11.6 Å². The molecule has 0 atom stereocenters. The number of nitrogens with two attached hydrogens (primary N) is 1. The minimum absolute atomic E-state index is 0.101. The first-order valence-corrected chi connectivity index (χ1v) is 4.72. The number of rotatable bonds is 2. The van der Waals surface area contributed by atoms with Crippen molar-refractivity contribution in [2.24, 2.45) is 0 Å². The monoisotopic (exact) mass is 233 g/mol. The molecule has 0 fully saturated rings. The molecule has 0 radical (unpaired) electrons. The first-order valence-electron chi connectivity index (χ1n) is 4.72. The summed E-state index contributed by atoms with van der Waals surface area (Å²) in [6, 6.07) is 1.74. The van der Waals surface area contributed by atoms with Gasteiger partial charge < -0.3 is 14.7 Å². The van der Waals surface area contributed by atoms with Crippen molar-refractivity contribution in [1.29, 1.82) is 0 Å². The SMILES string of the molecule is Cc1occc1-c1noc(-c2nonc2N)n1. The number of anilines is 1. The van der Waals surface area contributed by atoms with Crippen molar-refractivity contribution < 1.29 is 13.6 Å². The summed E-state index contributed by atoms with van der Waals surface area (Å²) in [5.41, 5.74) is 6.49. The summed E-state index contributed by atoms with van der Waals surface area (Å²) in [7, 11) is 0. The molecule has 3 aromatic heterocycles. The van der Waals surface area contributed by atoms with Gasteiger partial charge in [0.25, 0.3) is 5.89 Å². The number of hydrogen-bond donors (Lipinski definition) is 1. The summed E-state index contributed by atoms with van der Waals surface area (Å²) >= 11 is 0. The van der Waals surface area contributed by atoms with E-state index in [2.05, 4.69) is 25.1 Å². The lowest BCUT2D eigenvalue weighted by Gasteiger charge is -1.87. The van der Waals surface area contributed by atoms with Gasteiger partial charge in [0.1, 0.15) is 5.76 Å². The zero-order valence-electron chi connectivity index (χ0n) is 8.75. The van der Waals surface area contributed by atoms with Gasteiger partial charge in [-0.15, -0.1) is 0 Å². The largest absolute Gasteiger partial charge is 0.469 e. The van der Waals surface area contributed by atoms with Crippen LogP contribution >= 0.6 is 0 Å². The van der Waals surface area contributed by atoms with Gasteiger partial charge in [-0.2, -0.15) is 4.98 Å². The van der Waals surface area contributed by atoms with E-state index in [0.717, 1.165) is 5.56 Å². The van der Waals surface area contributed by atoms with E-state index in [1.807, 2.05) is 0 Å². The Labute approximate surface area is 94.4 Å². The summed E-state index contributed by atoms with van der Waals surface area (Å²) in [5.74, 6) is 1.35. The smallest absolute Gasteiger partial charge is 0.284 e. The minimum atomic E-state index is 0.101. The molecule has 0 aromatic carbocycles. The Morgan fingerprint density at radius 1 is 1.24 bits per heavy atom. The quantitative estimate of drug-likeness (QED) is 0.703. The Balaban J connectivity index is 2.05. The van der Waals surface area contributed by atoms with E-state index < -0.39 is 0 Å². The molecule has 8 nitrogen and oxygen atoms in total. The maximum Gasteiger partial charge on any atom is 0.284 e. The molecular weight excluding hydrogens is 226 g/mol. The third-order valence-corrected chi connectivity index (χ3v) is 2.24. The van der Waals surface area contributed by atoms with E-state index in [1.54, 1.807) is 19.3 Å². The first-order chi connectivity index (χ1) is 8.25. The lowest BCUT2D eigenvalue weighted by molar-refractivity contribution is 0.308. The van der Waals surface area contributed by atoms with Crippen LogP contribution in [0.1, 0.15) is 5.76 Å². The van der Waals surface area contributed by atoms with Gasteiger partial charge in [0, 0.05) is 0 Å². The summed E-state index contributed by atoms with van der Waals surface area (Å²) < 4.78 is 14.6. The predicted molar refractivity (Wildman–Crippen MR) is 54.4 cm³/mol. The van der Waals surface area contributed by atoms with Gasteiger partial charge in [-0.25, -0.2) is 4.63 Å². The van der Waals surface area contributed by atoms with Crippen LogP contribution in [0.25, 0.3) is 23.0 Å². The number of hydrogen-bond acceptors (Lipinski definition) is 8. The Bertz CT molecular complexity index is 598. The van der Waals surface area contributed by atoms with Crippen molar-refractivity contribution >= 4 is 5.82 Å². The van der Waals surface area contributed by atoms with Crippen LogP contribution in [-0.2, 0) is 0 Å². The summed E-state index contributed by atoms with van der Waals surface area (Å²) in [6.07, 6.45) is 1.55.